The number of Topliss-reactive ketones (excluding diaryl/α,β-unsaturated/α-hetero) is 1. The molecule has 2 aromatic rings. The molecule has 1 aliphatic heterocycles. The zero-order valence-electron chi connectivity index (χ0n) is 31.2. The summed E-state index contributed by atoms with van der Waals surface area (Å²) in [5.74, 6) is -4.71. The van der Waals surface area contributed by atoms with Crippen molar-refractivity contribution in [3.05, 3.63) is 59.1 Å². The van der Waals surface area contributed by atoms with Gasteiger partial charge in [-0.15, -0.1) is 0 Å². The number of halogens is 1. The molecule has 3 rings (SSSR count). The fraction of sp³-hybridized carbons (Fsp3) is 0.486. The summed E-state index contributed by atoms with van der Waals surface area (Å²) in [6.45, 7) is 4.38. The molecule has 6 amide bonds. The van der Waals surface area contributed by atoms with Crippen molar-refractivity contribution in [3.63, 3.8) is 0 Å². The molecule has 18 heteroatoms. The number of likely N-dealkylation sites (N-methyl/N-ethyl adjacent to an activating group) is 1. The lowest BCUT2D eigenvalue weighted by Crippen LogP contribution is -2.60. The molecule has 0 bridgehead atoms. The zero-order chi connectivity index (χ0) is 40.8. The van der Waals surface area contributed by atoms with Gasteiger partial charge in [-0.05, 0) is 94.9 Å². The van der Waals surface area contributed by atoms with Gasteiger partial charge in [0.2, 0.25) is 23.6 Å². The third-order valence-corrected chi connectivity index (χ3v) is 9.11. The minimum Gasteiger partial charge on any atom is -0.391 e. The summed E-state index contributed by atoms with van der Waals surface area (Å²) in [5, 5.41) is 26.0. The molecule has 55 heavy (non-hydrogen) atoms. The van der Waals surface area contributed by atoms with Crippen LogP contribution in [0.25, 0.3) is 11.1 Å². The van der Waals surface area contributed by atoms with Crippen LogP contribution in [0.3, 0.4) is 0 Å². The van der Waals surface area contributed by atoms with Crippen molar-refractivity contribution in [2.75, 3.05) is 20.1 Å². The number of nitrogens with two attached hydrogens (primary N) is 2. The Morgan fingerprint density at radius 1 is 0.691 bits per heavy atom. The fourth-order valence-electron chi connectivity index (χ4n) is 5.52. The molecule has 1 aliphatic rings. The number of amides is 6. The van der Waals surface area contributed by atoms with Crippen LogP contribution in [-0.2, 0) is 33.5 Å². The maximum absolute atomic E-state index is 13.3. The predicted octanol–water partition coefficient (Wildman–Crippen LogP) is -0.974. The largest absolute Gasteiger partial charge is 0.391 e. The van der Waals surface area contributed by atoms with E-state index in [-0.39, 0.29) is 24.9 Å². The monoisotopic (exact) mass is 786 g/mol. The summed E-state index contributed by atoms with van der Waals surface area (Å²) >= 11 is 5.97. The van der Waals surface area contributed by atoms with Gasteiger partial charge in [0.1, 0.15) is 24.2 Å². The van der Waals surface area contributed by atoms with Crippen LogP contribution in [0.2, 0.25) is 5.02 Å². The third-order valence-electron chi connectivity index (χ3n) is 8.86. The summed E-state index contributed by atoms with van der Waals surface area (Å²) in [7, 11) is 1.40. The Morgan fingerprint density at radius 3 is 1.82 bits per heavy atom. The van der Waals surface area contributed by atoms with Gasteiger partial charge in [0, 0.05) is 17.6 Å². The number of ether oxygens (including phenoxy) is 1. The van der Waals surface area contributed by atoms with Gasteiger partial charge in [0.15, 0.2) is 18.0 Å². The minimum atomic E-state index is -1.54. The number of ketones is 1. The Kier molecular flexibility index (Phi) is 17.2. The number of benzene rings is 2. The summed E-state index contributed by atoms with van der Waals surface area (Å²) in [6, 6.07) is 7.71. The maximum Gasteiger partial charge on any atom is 0.252 e. The molecule has 17 nitrogen and oxygen atoms in total. The Labute approximate surface area is 324 Å². The van der Waals surface area contributed by atoms with Crippen LogP contribution in [0, 0.1) is 0 Å². The number of carbonyl (C=O) groups is 7. The van der Waals surface area contributed by atoms with Gasteiger partial charge in [-0.1, -0.05) is 35.9 Å². The Bertz CT molecular complexity index is 1680. The number of nitrogens with one attached hydrogen (secondary N) is 6. The SMILES string of the molecule is CNC(=O)C1OC1C(=O)[C@H](C)NC(=O)[C@H](CCCCN)NC(=O)[C@H](C)NC(=O)[C@@H](NC(=O)[C@H](CCN)NC(=O)c1ccc(-c2ccc(Cl)cc2)cc1)[C@@H](C)O. The van der Waals surface area contributed by atoms with E-state index >= 15 is 0 Å². The molecule has 0 aliphatic carbocycles. The molecule has 8 atom stereocenters. The van der Waals surface area contributed by atoms with Crippen LogP contribution in [0.1, 0.15) is 56.8 Å². The van der Waals surface area contributed by atoms with E-state index in [9.17, 15) is 38.7 Å². The highest BCUT2D eigenvalue weighted by Crippen LogP contribution is 2.24. The summed E-state index contributed by atoms with van der Waals surface area (Å²) in [6.07, 6.45) is -2.21. The van der Waals surface area contributed by atoms with Crippen LogP contribution in [0.4, 0.5) is 0 Å². The highest BCUT2D eigenvalue weighted by molar-refractivity contribution is 6.30. The first-order valence-corrected chi connectivity index (χ1v) is 18.4. The van der Waals surface area contributed by atoms with Gasteiger partial charge >= 0.3 is 0 Å². The first-order valence-electron chi connectivity index (χ1n) is 18.0. The second-order valence-corrected chi connectivity index (χ2v) is 13.7. The van der Waals surface area contributed by atoms with Crippen LogP contribution < -0.4 is 43.4 Å². The van der Waals surface area contributed by atoms with Crippen LogP contribution in [0.15, 0.2) is 48.5 Å². The Morgan fingerprint density at radius 2 is 1.25 bits per heavy atom. The second kappa shape index (κ2) is 21.2. The van der Waals surface area contributed by atoms with Crippen molar-refractivity contribution in [3.8, 4) is 11.1 Å². The number of hydrogen-bond donors (Lipinski definition) is 9. The lowest BCUT2D eigenvalue weighted by molar-refractivity contribution is -0.135. The highest BCUT2D eigenvalue weighted by Gasteiger charge is 2.51. The van der Waals surface area contributed by atoms with E-state index in [1.54, 1.807) is 36.4 Å². The molecule has 2 aromatic carbocycles. The van der Waals surface area contributed by atoms with Crippen molar-refractivity contribution >= 4 is 52.8 Å². The van der Waals surface area contributed by atoms with E-state index < -0.39 is 89.7 Å². The summed E-state index contributed by atoms with van der Waals surface area (Å²) in [5.41, 5.74) is 13.3. The van der Waals surface area contributed by atoms with Crippen LogP contribution in [-0.4, -0.2) is 115 Å². The van der Waals surface area contributed by atoms with E-state index in [2.05, 4.69) is 31.9 Å². The maximum atomic E-state index is 13.3. The first kappa shape index (κ1) is 44.5. The number of aliphatic hydroxyl groups is 1. The van der Waals surface area contributed by atoms with E-state index in [1.165, 1.54) is 27.8 Å². The van der Waals surface area contributed by atoms with Crippen LogP contribution >= 0.6 is 11.6 Å². The lowest BCUT2D eigenvalue weighted by Gasteiger charge is -2.26. The van der Waals surface area contributed by atoms with E-state index in [0.29, 0.717) is 24.4 Å². The smallest absolute Gasteiger partial charge is 0.252 e. The number of rotatable bonds is 21. The predicted molar refractivity (Wildman–Crippen MR) is 203 cm³/mol. The molecule has 1 saturated heterocycles. The Balaban J connectivity index is 1.61. The average Bonchev–Trinajstić information content (AvgIpc) is 3.97. The molecule has 1 heterocycles. The van der Waals surface area contributed by atoms with Crippen molar-refractivity contribution < 1.29 is 43.4 Å². The highest BCUT2D eigenvalue weighted by atomic mass is 35.5. The van der Waals surface area contributed by atoms with Gasteiger partial charge in [-0.25, -0.2) is 0 Å². The molecule has 0 aromatic heterocycles. The van der Waals surface area contributed by atoms with Gasteiger partial charge in [-0.2, -0.15) is 0 Å². The summed E-state index contributed by atoms with van der Waals surface area (Å²) < 4.78 is 5.14. The molecule has 0 saturated carbocycles. The normalized spacial score (nSPS) is 17.9. The molecule has 11 N–H and O–H groups in total. The number of unbranched alkanes of at least 4 members (excludes halogenated alkanes) is 1. The number of aliphatic hydroxyl groups excluding tert-OH is 1. The molecule has 300 valence electrons. The zero-order valence-corrected chi connectivity index (χ0v) is 32.0. The van der Waals surface area contributed by atoms with Gasteiger partial charge in [0.25, 0.3) is 11.8 Å². The Hall–Kier alpha value is -4.94. The molecular weight excluding hydrogens is 736 g/mol. The standard InChI is InChI=1S/C37H51ClN8O9/c1-19(29(48)30-31(55-30)37(54)41-4)42-34(51)26(7-5-6-17-39)44-32(49)20(2)43-36(53)28(21(3)47)46-35(52)27(16-18-40)45-33(50)24-10-8-22(9-11-24)23-12-14-25(38)15-13-23/h8-15,19-21,26-28,30-31,47H,5-7,16-18,39-40H2,1-4H3,(H,41,54)(H,42,51)(H,43,53)(H,44,49)(H,45,50)(H,46,52)/t19-,20-,21+,26-,27-,28-,30?,31?/m0/s1. The molecule has 1 fully saturated rings. The minimum absolute atomic E-state index is 0.00749. The molecule has 0 spiro atoms. The van der Waals surface area contributed by atoms with E-state index in [1.807, 2.05) is 12.1 Å². The fourth-order valence-corrected chi connectivity index (χ4v) is 5.65. The second-order valence-electron chi connectivity index (χ2n) is 13.2. The summed E-state index contributed by atoms with van der Waals surface area (Å²) in [4.78, 5) is 90.6. The molecule has 0 radical (unpaired) electrons. The molecular formula is C37H51ClN8O9. The molecule has 2 unspecified atom stereocenters. The third kappa shape index (κ3) is 13.1. The van der Waals surface area contributed by atoms with Crippen molar-refractivity contribution in [1.82, 2.24) is 31.9 Å². The van der Waals surface area contributed by atoms with Gasteiger partial charge < -0.3 is 53.2 Å². The van der Waals surface area contributed by atoms with E-state index in [4.69, 9.17) is 27.8 Å². The van der Waals surface area contributed by atoms with Crippen molar-refractivity contribution in [1.29, 1.82) is 0 Å². The number of carbonyl (C=O) groups excluding carboxylic acids is 7. The average molecular weight is 787 g/mol. The quantitative estimate of drug-likeness (QED) is 0.0548. The van der Waals surface area contributed by atoms with Gasteiger partial charge in [0.05, 0.1) is 12.1 Å². The van der Waals surface area contributed by atoms with E-state index in [0.717, 1.165) is 11.1 Å². The van der Waals surface area contributed by atoms with Crippen molar-refractivity contribution in [2.24, 2.45) is 11.5 Å². The topological polar surface area (TPSA) is 276 Å². The number of epoxide rings is 1. The lowest BCUT2D eigenvalue weighted by atomic mass is 10.0. The first-order chi connectivity index (χ1) is 26.1. The van der Waals surface area contributed by atoms with Crippen LogP contribution in [0.5, 0.6) is 0 Å². The van der Waals surface area contributed by atoms with Crippen molar-refractivity contribution in [2.45, 2.75) is 95.0 Å². The van der Waals surface area contributed by atoms with Gasteiger partial charge in [-0.3, -0.25) is 33.6 Å². The number of hydrogen-bond acceptors (Lipinski definition) is 11.